The first-order valence-electron chi connectivity index (χ1n) is 4.56. The molecular formula is C10H16N2S. The van der Waals surface area contributed by atoms with Crippen molar-refractivity contribution in [3.05, 3.63) is 23.4 Å². The number of thioether (sulfide) groups is 1. The Morgan fingerprint density at radius 1 is 1.46 bits per heavy atom. The van der Waals surface area contributed by atoms with E-state index in [2.05, 4.69) is 18.0 Å². The molecule has 1 heterocycles. The molecule has 0 aromatic carbocycles. The predicted molar refractivity (Wildman–Crippen MR) is 57.9 cm³/mol. The van der Waals surface area contributed by atoms with Crippen LogP contribution in [0.2, 0.25) is 0 Å². The molecule has 0 bridgehead atoms. The van der Waals surface area contributed by atoms with E-state index in [9.17, 15) is 0 Å². The van der Waals surface area contributed by atoms with Gasteiger partial charge in [-0.1, -0.05) is 6.92 Å². The van der Waals surface area contributed by atoms with Gasteiger partial charge in [0.2, 0.25) is 0 Å². The van der Waals surface area contributed by atoms with Crippen LogP contribution >= 0.6 is 11.8 Å². The van der Waals surface area contributed by atoms with Crippen molar-refractivity contribution in [1.29, 1.82) is 0 Å². The van der Waals surface area contributed by atoms with Gasteiger partial charge in [0.15, 0.2) is 0 Å². The molecule has 0 unspecified atom stereocenters. The lowest BCUT2D eigenvalue weighted by molar-refractivity contribution is 0.983. The first-order valence-corrected chi connectivity index (χ1v) is 5.55. The zero-order valence-corrected chi connectivity index (χ0v) is 9.03. The average molecular weight is 196 g/mol. The molecule has 0 fully saturated rings. The minimum atomic E-state index is 0.600. The Balaban J connectivity index is 2.76. The minimum absolute atomic E-state index is 0.600. The molecule has 3 heteroatoms. The molecule has 0 aliphatic carbocycles. The van der Waals surface area contributed by atoms with Gasteiger partial charge in [-0.15, -0.1) is 11.8 Å². The van der Waals surface area contributed by atoms with E-state index in [1.807, 2.05) is 13.0 Å². The third-order valence-electron chi connectivity index (χ3n) is 1.68. The van der Waals surface area contributed by atoms with Gasteiger partial charge in [-0.25, -0.2) is 4.98 Å². The number of aromatic nitrogens is 1. The van der Waals surface area contributed by atoms with Crippen LogP contribution < -0.4 is 5.73 Å². The van der Waals surface area contributed by atoms with Crippen molar-refractivity contribution in [3.8, 4) is 0 Å². The fourth-order valence-corrected chi connectivity index (χ4v) is 1.96. The second-order valence-electron chi connectivity index (χ2n) is 3.01. The van der Waals surface area contributed by atoms with Crippen LogP contribution in [0, 0.1) is 6.92 Å². The molecule has 0 spiro atoms. The van der Waals surface area contributed by atoms with Crippen molar-refractivity contribution in [2.24, 2.45) is 5.73 Å². The normalized spacial score (nSPS) is 10.4. The van der Waals surface area contributed by atoms with Crippen LogP contribution in [0.3, 0.4) is 0 Å². The maximum atomic E-state index is 5.58. The summed E-state index contributed by atoms with van der Waals surface area (Å²) in [6, 6.07) is 4.11. The number of nitrogens with zero attached hydrogens (tertiary/aromatic N) is 1. The number of nitrogens with two attached hydrogens (primary N) is 1. The first-order chi connectivity index (χ1) is 6.26. The maximum absolute atomic E-state index is 5.58. The Labute approximate surface area is 83.9 Å². The maximum Gasteiger partial charge on any atom is 0.0966 e. The Bertz CT molecular complexity index is 274. The lowest BCUT2D eigenvalue weighted by Crippen LogP contribution is -1.98. The first kappa shape index (κ1) is 10.5. The number of hydrogen-bond donors (Lipinski definition) is 1. The molecule has 0 radical (unpaired) electrons. The number of hydrogen-bond acceptors (Lipinski definition) is 3. The standard InChI is InChI=1S/C10H16N2S/c1-3-4-13-10-6-9(7-11)5-8(2)12-10/h5-6H,3-4,7,11H2,1-2H3. The van der Waals surface area contributed by atoms with Gasteiger partial charge in [-0.3, -0.25) is 0 Å². The van der Waals surface area contributed by atoms with Crippen LogP contribution in [0.25, 0.3) is 0 Å². The van der Waals surface area contributed by atoms with E-state index in [0.717, 1.165) is 16.5 Å². The van der Waals surface area contributed by atoms with Crippen LogP contribution in [0.4, 0.5) is 0 Å². The number of aryl methyl sites for hydroxylation is 1. The Kier molecular flexibility index (Phi) is 4.25. The van der Waals surface area contributed by atoms with Crippen molar-refractivity contribution in [2.75, 3.05) is 5.75 Å². The zero-order valence-electron chi connectivity index (χ0n) is 8.21. The van der Waals surface area contributed by atoms with Crippen LogP contribution in [0.5, 0.6) is 0 Å². The Hall–Kier alpha value is -0.540. The SMILES string of the molecule is CCCSc1cc(CN)cc(C)n1. The van der Waals surface area contributed by atoms with E-state index >= 15 is 0 Å². The molecule has 0 aliphatic heterocycles. The molecule has 2 nitrogen and oxygen atoms in total. The molecule has 2 N–H and O–H groups in total. The van der Waals surface area contributed by atoms with Crippen LogP contribution in [-0.4, -0.2) is 10.7 Å². The van der Waals surface area contributed by atoms with E-state index < -0.39 is 0 Å². The molecule has 0 aliphatic rings. The van der Waals surface area contributed by atoms with Crippen LogP contribution in [-0.2, 0) is 6.54 Å². The van der Waals surface area contributed by atoms with Crippen LogP contribution in [0.1, 0.15) is 24.6 Å². The summed E-state index contributed by atoms with van der Waals surface area (Å²) >= 11 is 1.80. The van der Waals surface area contributed by atoms with Gasteiger partial charge < -0.3 is 5.73 Å². The molecule has 1 aromatic heterocycles. The summed E-state index contributed by atoms with van der Waals surface area (Å²) in [5.41, 5.74) is 7.81. The van der Waals surface area contributed by atoms with E-state index in [4.69, 9.17) is 5.73 Å². The highest BCUT2D eigenvalue weighted by molar-refractivity contribution is 7.99. The van der Waals surface area contributed by atoms with Gasteiger partial charge in [0.25, 0.3) is 0 Å². The number of rotatable bonds is 4. The molecule has 1 rings (SSSR count). The highest BCUT2D eigenvalue weighted by Crippen LogP contribution is 2.18. The molecule has 0 atom stereocenters. The van der Waals surface area contributed by atoms with Gasteiger partial charge in [0.05, 0.1) is 5.03 Å². The minimum Gasteiger partial charge on any atom is -0.326 e. The molecule has 72 valence electrons. The lowest BCUT2D eigenvalue weighted by Gasteiger charge is -2.03. The van der Waals surface area contributed by atoms with Crippen LogP contribution in [0.15, 0.2) is 17.2 Å². The van der Waals surface area contributed by atoms with Gasteiger partial charge >= 0.3 is 0 Å². The Morgan fingerprint density at radius 3 is 2.85 bits per heavy atom. The van der Waals surface area contributed by atoms with Crippen molar-refractivity contribution in [3.63, 3.8) is 0 Å². The fourth-order valence-electron chi connectivity index (χ4n) is 1.11. The predicted octanol–water partition coefficient (Wildman–Crippen LogP) is 2.35. The Morgan fingerprint density at radius 2 is 2.23 bits per heavy atom. The van der Waals surface area contributed by atoms with Crippen molar-refractivity contribution >= 4 is 11.8 Å². The summed E-state index contributed by atoms with van der Waals surface area (Å²) in [5.74, 6) is 1.13. The van der Waals surface area contributed by atoms with Crippen molar-refractivity contribution in [2.45, 2.75) is 31.8 Å². The van der Waals surface area contributed by atoms with Crippen molar-refractivity contribution in [1.82, 2.24) is 4.98 Å². The molecule has 13 heavy (non-hydrogen) atoms. The van der Waals surface area contributed by atoms with Gasteiger partial charge in [0.1, 0.15) is 0 Å². The summed E-state index contributed by atoms with van der Waals surface area (Å²) in [4.78, 5) is 4.43. The van der Waals surface area contributed by atoms with Gasteiger partial charge in [0, 0.05) is 12.2 Å². The fraction of sp³-hybridized carbons (Fsp3) is 0.500. The third-order valence-corrected chi connectivity index (χ3v) is 2.80. The van der Waals surface area contributed by atoms with E-state index in [0.29, 0.717) is 6.54 Å². The summed E-state index contributed by atoms with van der Waals surface area (Å²) in [5, 5.41) is 1.10. The summed E-state index contributed by atoms with van der Waals surface area (Å²) < 4.78 is 0. The van der Waals surface area contributed by atoms with Gasteiger partial charge in [-0.2, -0.15) is 0 Å². The highest BCUT2D eigenvalue weighted by Gasteiger charge is 1.98. The van der Waals surface area contributed by atoms with E-state index in [-0.39, 0.29) is 0 Å². The lowest BCUT2D eigenvalue weighted by atomic mass is 10.2. The smallest absolute Gasteiger partial charge is 0.0966 e. The topological polar surface area (TPSA) is 38.9 Å². The summed E-state index contributed by atoms with van der Waals surface area (Å²) in [6.45, 7) is 4.78. The second kappa shape index (κ2) is 5.25. The van der Waals surface area contributed by atoms with Gasteiger partial charge in [-0.05, 0) is 36.8 Å². The molecule has 0 saturated carbocycles. The third kappa shape index (κ3) is 3.36. The zero-order chi connectivity index (χ0) is 9.68. The largest absolute Gasteiger partial charge is 0.326 e. The van der Waals surface area contributed by atoms with E-state index in [1.54, 1.807) is 11.8 Å². The monoisotopic (exact) mass is 196 g/mol. The number of pyridine rings is 1. The molecule has 1 aromatic rings. The quantitative estimate of drug-likeness (QED) is 0.751. The second-order valence-corrected chi connectivity index (χ2v) is 4.12. The van der Waals surface area contributed by atoms with Crippen molar-refractivity contribution < 1.29 is 0 Å². The average Bonchev–Trinajstić information content (AvgIpc) is 2.14. The molecule has 0 saturated heterocycles. The van der Waals surface area contributed by atoms with E-state index in [1.165, 1.54) is 12.0 Å². The molecular weight excluding hydrogens is 180 g/mol. The highest BCUT2D eigenvalue weighted by atomic mass is 32.2. The molecule has 0 amide bonds. The summed E-state index contributed by atoms with van der Waals surface area (Å²) in [6.07, 6.45) is 1.18. The summed E-state index contributed by atoms with van der Waals surface area (Å²) in [7, 11) is 0.